The summed E-state index contributed by atoms with van der Waals surface area (Å²) in [7, 11) is -0.556. The maximum absolute atomic E-state index is 13.4. The second-order valence-electron chi connectivity index (χ2n) is 19.8. The third kappa shape index (κ3) is 43.3. The highest BCUT2D eigenvalue weighted by Gasteiger charge is 2.37. The number of aliphatic hydroxyl groups is 2. The van der Waals surface area contributed by atoms with E-state index in [4.69, 9.17) is 23.4 Å². The van der Waals surface area contributed by atoms with Crippen molar-refractivity contribution in [1.29, 1.82) is 0 Å². The Morgan fingerprint density at radius 1 is 0.587 bits per heavy atom. The van der Waals surface area contributed by atoms with Crippen LogP contribution in [0, 0.1) is 5.41 Å². The normalized spacial score (nSPS) is 13.6. The van der Waals surface area contributed by atoms with E-state index in [-0.39, 0.29) is 12.6 Å². The Bertz CT molecular complexity index is 1040. The Balaban J connectivity index is 4.63. The van der Waals surface area contributed by atoms with Gasteiger partial charge >= 0.3 is 14.5 Å². The van der Waals surface area contributed by atoms with Gasteiger partial charge in [-0.2, -0.15) is 0 Å². The first-order chi connectivity index (χ1) is 30.5. The molecule has 374 valence electrons. The van der Waals surface area contributed by atoms with Crippen molar-refractivity contribution >= 4 is 14.5 Å². The van der Waals surface area contributed by atoms with Gasteiger partial charge in [0.2, 0.25) is 0 Å². The predicted molar refractivity (Wildman–Crippen MR) is 272 cm³/mol. The molecule has 0 aromatic heterocycles. The van der Waals surface area contributed by atoms with Gasteiger partial charge in [-0.05, 0) is 118 Å². The molecule has 63 heavy (non-hydrogen) atoms. The summed E-state index contributed by atoms with van der Waals surface area (Å²) in [5.74, 6) is -0.179. The molecule has 0 saturated carbocycles. The zero-order valence-corrected chi connectivity index (χ0v) is 43.9. The average molecular weight is 911 g/mol. The second-order valence-corrected chi connectivity index (χ2v) is 23.1. The average Bonchev–Trinajstić information content (AvgIpc) is 3.24. The fraction of sp³-hybridized carbons (Fsp3) is 0.907. The van der Waals surface area contributed by atoms with E-state index in [0.717, 1.165) is 57.9 Å². The molecular formula is C54H107NO7Si. The van der Waals surface area contributed by atoms with Crippen LogP contribution in [0.3, 0.4) is 0 Å². The standard InChI is InChI=1S/C54H107NO7Si/c1-8-10-12-14-16-18-20-22-24-26-28-30-32-34-37-41-45-59-52(62-63(6,7)61-47-43-39-36-40-44-55(5)49-51(57)50-56)48-54(3,4)53(58)60-46-42-38-35-33-31-29-27-25-23-21-19-17-15-13-11-9-2/h22-25,51-52,56-57H,8-21,26-50H2,1-7H3/b24-22-,25-23-. The zero-order valence-electron chi connectivity index (χ0n) is 42.9. The molecule has 0 aliphatic carbocycles. The van der Waals surface area contributed by atoms with E-state index in [0.29, 0.717) is 32.8 Å². The van der Waals surface area contributed by atoms with Crippen molar-refractivity contribution in [1.82, 2.24) is 4.90 Å². The van der Waals surface area contributed by atoms with Crippen molar-refractivity contribution in [3.05, 3.63) is 24.3 Å². The molecule has 0 saturated heterocycles. The highest BCUT2D eigenvalue weighted by molar-refractivity contribution is 6.64. The number of nitrogens with zero attached hydrogens (tertiary/aromatic N) is 1. The van der Waals surface area contributed by atoms with Crippen molar-refractivity contribution in [2.75, 3.05) is 46.6 Å². The van der Waals surface area contributed by atoms with Gasteiger partial charge in [0.15, 0.2) is 6.29 Å². The number of ether oxygens (including phenoxy) is 2. The number of rotatable bonds is 49. The number of allylic oxidation sites excluding steroid dienone is 4. The molecule has 0 amide bonds. The van der Waals surface area contributed by atoms with Crippen molar-refractivity contribution in [2.24, 2.45) is 5.41 Å². The number of aliphatic hydroxyl groups excluding tert-OH is 2. The lowest BCUT2D eigenvalue weighted by molar-refractivity contribution is -0.164. The van der Waals surface area contributed by atoms with Crippen molar-refractivity contribution in [3.8, 4) is 0 Å². The summed E-state index contributed by atoms with van der Waals surface area (Å²) < 4.78 is 25.2. The van der Waals surface area contributed by atoms with Crippen LogP contribution in [0.15, 0.2) is 24.3 Å². The summed E-state index contributed by atoms with van der Waals surface area (Å²) in [6.07, 6.45) is 48.3. The first-order valence-corrected chi connectivity index (χ1v) is 29.7. The van der Waals surface area contributed by atoms with Crippen LogP contribution in [-0.2, 0) is 23.1 Å². The van der Waals surface area contributed by atoms with Crippen molar-refractivity contribution in [2.45, 2.75) is 265 Å². The van der Waals surface area contributed by atoms with E-state index in [9.17, 15) is 9.90 Å². The molecule has 8 nitrogen and oxygen atoms in total. The summed E-state index contributed by atoms with van der Waals surface area (Å²) in [4.78, 5) is 15.4. The van der Waals surface area contributed by atoms with Gasteiger partial charge in [0.1, 0.15) is 0 Å². The van der Waals surface area contributed by atoms with Gasteiger partial charge < -0.3 is 33.4 Å². The first kappa shape index (κ1) is 61.9. The highest BCUT2D eigenvalue weighted by atomic mass is 28.4. The fourth-order valence-electron chi connectivity index (χ4n) is 7.92. The smallest absolute Gasteiger partial charge is 0.333 e. The number of carbonyl (C=O) groups is 1. The number of hydrogen-bond acceptors (Lipinski definition) is 8. The topological polar surface area (TPSA) is 97.7 Å². The molecule has 0 spiro atoms. The third-order valence-corrected chi connectivity index (χ3v) is 13.8. The van der Waals surface area contributed by atoms with E-state index in [2.05, 4.69) is 56.1 Å². The molecule has 0 fully saturated rings. The summed E-state index contributed by atoms with van der Waals surface area (Å²) in [5, 5.41) is 18.7. The molecule has 0 aliphatic rings. The van der Waals surface area contributed by atoms with E-state index in [1.54, 1.807) is 0 Å². The van der Waals surface area contributed by atoms with Crippen LogP contribution in [0.4, 0.5) is 0 Å². The maximum atomic E-state index is 13.4. The quantitative estimate of drug-likeness (QED) is 0.0205. The van der Waals surface area contributed by atoms with Crippen LogP contribution < -0.4 is 0 Å². The Morgan fingerprint density at radius 3 is 1.44 bits per heavy atom. The molecule has 0 rings (SSSR count). The van der Waals surface area contributed by atoms with E-state index >= 15 is 0 Å². The number of hydrogen-bond donors (Lipinski definition) is 2. The molecule has 2 atom stereocenters. The lowest BCUT2D eigenvalue weighted by Crippen LogP contribution is -2.43. The lowest BCUT2D eigenvalue weighted by Gasteiger charge is -2.33. The minimum atomic E-state index is -2.53. The van der Waals surface area contributed by atoms with Gasteiger partial charge in [0.25, 0.3) is 0 Å². The molecule has 0 aromatic rings. The summed E-state index contributed by atoms with van der Waals surface area (Å²) in [5.41, 5.74) is -0.735. The summed E-state index contributed by atoms with van der Waals surface area (Å²) >= 11 is 0. The van der Waals surface area contributed by atoms with Gasteiger partial charge in [0, 0.05) is 26.2 Å². The molecule has 9 heteroatoms. The Morgan fingerprint density at radius 2 is 0.984 bits per heavy atom. The second kappa shape index (κ2) is 44.7. The van der Waals surface area contributed by atoms with Gasteiger partial charge in [-0.1, -0.05) is 167 Å². The van der Waals surface area contributed by atoms with Crippen molar-refractivity contribution in [3.63, 3.8) is 0 Å². The lowest BCUT2D eigenvalue weighted by atomic mass is 9.89. The Kier molecular flexibility index (Phi) is 44.0. The van der Waals surface area contributed by atoms with Crippen LogP contribution in [0.5, 0.6) is 0 Å². The summed E-state index contributed by atoms with van der Waals surface area (Å²) in [6.45, 7) is 15.5. The molecule has 0 heterocycles. The van der Waals surface area contributed by atoms with E-state index in [1.807, 2.05) is 20.9 Å². The van der Waals surface area contributed by atoms with Gasteiger partial charge in [-0.3, -0.25) is 4.79 Å². The number of esters is 1. The Hall–Kier alpha value is -1.07. The van der Waals surface area contributed by atoms with Crippen LogP contribution in [0.1, 0.15) is 240 Å². The highest BCUT2D eigenvalue weighted by Crippen LogP contribution is 2.29. The summed E-state index contributed by atoms with van der Waals surface area (Å²) in [6, 6.07) is 0. The van der Waals surface area contributed by atoms with E-state index < -0.39 is 26.4 Å². The van der Waals surface area contributed by atoms with Crippen LogP contribution in [-0.4, -0.2) is 88.6 Å². The van der Waals surface area contributed by atoms with Gasteiger partial charge in [-0.25, -0.2) is 0 Å². The zero-order chi connectivity index (χ0) is 46.5. The van der Waals surface area contributed by atoms with Gasteiger partial charge in [-0.15, -0.1) is 0 Å². The number of carbonyl (C=O) groups excluding carboxylic acids is 1. The predicted octanol–water partition coefficient (Wildman–Crippen LogP) is 14.9. The minimum Gasteiger partial charge on any atom is -0.465 e. The van der Waals surface area contributed by atoms with E-state index in [1.165, 1.54) is 154 Å². The molecule has 0 radical (unpaired) electrons. The molecule has 2 unspecified atom stereocenters. The molecule has 2 N–H and O–H groups in total. The van der Waals surface area contributed by atoms with Crippen LogP contribution in [0.25, 0.3) is 0 Å². The monoisotopic (exact) mass is 910 g/mol. The molecular weight excluding hydrogens is 803 g/mol. The largest absolute Gasteiger partial charge is 0.465 e. The SMILES string of the molecule is CCCCCCCC/C=C\CCCCCCCCOC(=O)C(C)(C)CC(OCCCCCCCC/C=C\CCCCCCCC)O[Si](C)(C)OCCCCCCN(C)CC(O)CO. The fourth-order valence-corrected chi connectivity index (χ4v) is 9.41. The Labute approximate surface area is 392 Å². The van der Waals surface area contributed by atoms with Crippen LogP contribution >= 0.6 is 0 Å². The van der Waals surface area contributed by atoms with Gasteiger partial charge in [0.05, 0.1) is 24.7 Å². The van der Waals surface area contributed by atoms with Crippen molar-refractivity contribution < 1.29 is 33.3 Å². The molecule has 0 aliphatic heterocycles. The van der Waals surface area contributed by atoms with Crippen LogP contribution in [0.2, 0.25) is 13.1 Å². The first-order valence-electron chi connectivity index (χ1n) is 26.9. The maximum Gasteiger partial charge on any atom is 0.333 e. The number of likely N-dealkylation sites (N-methyl/N-ethyl adjacent to an activating group) is 1. The third-order valence-electron chi connectivity index (χ3n) is 12.1. The minimum absolute atomic E-state index is 0.179. The molecule has 0 bridgehead atoms. The number of unbranched alkanes of at least 4 members (excludes halogenated alkanes) is 27. The molecule has 0 aromatic carbocycles.